The Morgan fingerprint density at radius 1 is 1.50 bits per heavy atom. The molecule has 3 heteroatoms. The Morgan fingerprint density at radius 3 is 3.00 bits per heavy atom. The van der Waals surface area contributed by atoms with Crippen LogP contribution < -0.4 is 5.32 Å². The molecule has 1 aliphatic heterocycles. The van der Waals surface area contributed by atoms with Gasteiger partial charge < -0.3 is 10.1 Å². The van der Waals surface area contributed by atoms with Crippen molar-refractivity contribution in [3.8, 4) is 0 Å². The van der Waals surface area contributed by atoms with Gasteiger partial charge in [-0.2, -0.15) is 0 Å². The minimum atomic E-state index is 0.662. The molecule has 2 atom stereocenters. The predicted molar refractivity (Wildman–Crippen MR) is 68.8 cm³/mol. The molecule has 3 nitrogen and oxygen atoms in total. The zero-order chi connectivity index (χ0) is 11.8. The van der Waals surface area contributed by atoms with E-state index in [0.717, 1.165) is 25.7 Å². The number of nitrogens with zero attached hydrogens (tertiary/aromatic N) is 1. The first-order chi connectivity index (χ1) is 7.77. The minimum Gasteiger partial charge on any atom is -0.383 e. The first-order valence-corrected chi connectivity index (χ1v) is 6.74. The molecule has 0 spiro atoms. The molecule has 0 radical (unpaired) electrons. The van der Waals surface area contributed by atoms with E-state index in [1.807, 2.05) is 0 Å². The number of rotatable bonds is 8. The van der Waals surface area contributed by atoms with Gasteiger partial charge >= 0.3 is 0 Å². The van der Waals surface area contributed by atoms with E-state index in [0.29, 0.717) is 6.04 Å². The van der Waals surface area contributed by atoms with Crippen molar-refractivity contribution in [2.24, 2.45) is 0 Å². The van der Waals surface area contributed by atoms with Gasteiger partial charge in [0.15, 0.2) is 0 Å². The van der Waals surface area contributed by atoms with Gasteiger partial charge in [-0.15, -0.1) is 0 Å². The molecule has 0 amide bonds. The van der Waals surface area contributed by atoms with Crippen LogP contribution in [0.4, 0.5) is 0 Å². The van der Waals surface area contributed by atoms with Crippen LogP contribution in [0.15, 0.2) is 0 Å². The van der Waals surface area contributed by atoms with Crippen molar-refractivity contribution in [3.05, 3.63) is 0 Å². The normalized spacial score (nSPS) is 23.8. The standard InChI is InChI=1S/C13H28N2O/c1-4-6-12(2)14-11-13-7-5-8-15(13)9-10-16-3/h12-14H,4-11H2,1-3H3. The van der Waals surface area contributed by atoms with Crippen LogP contribution in [0.3, 0.4) is 0 Å². The second kappa shape index (κ2) is 8.04. The molecule has 0 saturated carbocycles. The van der Waals surface area contributed by atoms with E-state index in [9.17, 15) is 0 Å². The zero-order valence-electron chi connectivity index (χ0n) is 11.2. The number of hydrogen-bond donors (Lipinski definition) is 1. The molecule has 1 fully saturated rings. The van der Waals surface area contributed by atoms with Crippen LogP contribution in [-0.4, -0.2) is 50.3 Å². The third-order valence-electron chi connectivity index (χ3n) is 3.51. The van der Waals surface area contributed by atoms with Gasteiger partial charge in [0.25, 0.3) is 0 Å². The van der Waals surface area contributed by atoms with Crippen LogP contribution in [0.25, 0.3) is 0 Å². The van der Waals surface area contributed by atoms with E-state index in [-0.39, 0.29) is 0 Å². The first-order valence-electron chi connectivity index (χ1n) is 6.74. The number of methoxy groups -OCH3 is 1. The molecule has 1 N–H and O–H groups in total. The maximum atomic E-state index is 5.15. The minimum absolute atomic E-state index is 0.662. The summed E-state index contributed by atoms with van der Waals surface area (Å²) in [7, 11) is 1.78. The lowest BCUT2D eigenvalue weighted by Crippen LogP contribution is -2.42. The van der Waals surface area contributed by atoms with Gasteiger partial charge in [0.05, 0.1) is 6.61 Å². The van der Waals surface area contributed by atoms with Gasteiger partial charge in [-0.25, -0.2) is 0 Å². The van der Waals surface area contributed by atoms with Gasteiger partial charge in [0.2, 0.25) is 0 Å². The molecule has 0 aromatic heterocycles. The highest BCUT2D eigenvalue weighted by Gasteiger charge is 2.23. The second-order valence-electron chi connectivity index (χ2n) is 4.92. The molecule has 1 heterocycles. The lowest BCUT2D eigenvalue weighted by molar-refractivity contribution is 0.139. The highest BCUT2D eigenvalue weighted by atomic mass is 16.5. The lowest BCUT2D eigenvalue weighted by Gasteiger charge is -2.25. The maximum absolute atomic E-state index is 5.15. The molecule has 16 heavy (non-hydrogen) atoms. The predicted octanol–water partition coefficient (Wildman–Crippen LogP) is 1.88. The van der Waals surface area contributed by atoms with E-state index >= 15 is 0 Å². The van der Waals surface area contributed by atoms with E-state index < -0.39 is 0 Å². The summed E-state index contributed by atoms with van der Waals surface area (Å²) in [6, 6.07) is 1.39. The van der Waals surface area contributed by atoms with Gasteiger partial charge in [0.1, 0.15) is 0 Å². The summed E-state index contributed by atoms with van der Waals surface area (Å²) in [5, 5.41) is 3.65. The van der Waals surface area contributed by atoms with Crippen molar-refractivity contribution in [3.63, 3.8) is 0 Å². The Bertz CT molecular complexity index is 175. The van der Waals surface area contributed by atoms with E-state index in [2.05, 4.69) is 24.1 Å². The molecular weight excluding hydrogens is 200 g/mol. The monoisotopic (exact) mass is 228 g/mol. The van der Waals surface area contributed by atoms with Crippen LogP contribution >= 0.6 is 0 Å². The van der Waals surface area contributed by atoms with Crippen molar-refractivity contribution in [2.45, 2.75) is 51.6 Å². The second-order valence-corrected chi connectivity index (χ2v) is 4.92. The molecule has 96 valence electrons. The topological polar surface area (TPSA) is 24.5 Å². The Kier molecular flexibility index (Phi) is 7.01. The summed E-state index contributed by atoms with van der Waals surface area (Å²) in [5.41, 5.74) is 0. The summed E-state index contributed by atoms with van der Waals surface area (Å²) >= 11 is 0. The van der Waals surface area contributed by atoms with Gasteiger partial charge in [0, 0.05) is 32.3 Å². The molecule has 1 saturated heterocycles. The number of likely N-dealkylation sites (tertiary alicyclic amines) is 1. The van der Waals surface area contributed by atoms with Crippen LogP contribution in [0.5, 0.6) is 0 Å². The molecule has 1 aliphatic rings. The average molecular weight is 228 g/mol. The Labute approximate surface area is 101 Å². The van der Waals surface area contributed by atoms with Crippen LogP contribution in [0, 0.1) is 0 Å². The SMILES string of the molecule is CCCC(C)NCC1CCCN1CCOC. The number of hydrogen-bond acceptors (Lipinski definition) is 3. The Morgan fingerprint density at radius 2 is 2.31 bits per heavy atom. The van der Waals surface area contributed by atoms with Gasteiger partial charge in [-0.05, 0) is 32.7 Å². The molecular formula is C13H28N2O. The van der Waals surface area contributed by atoms with E-state index in [1.54, 1.807) is 7.11 Å². The highest BCUT2D eigenvalue weighted by Crippen LogP contribution is 2.16. The largest absolute Gasteiger partial charge is 0.383 e. The van der Waals surface area contributed by atoms with Gasteiger partial charge in [-0.1, -0.05) is 13.3 Å². The van der Waals surface area contributed by atoms with E-state index in [1.165, 1.54) is 32.2 Å². The molecule has 0 aromatic carbocycles. The highest BCUT2D eigenvalue weighted by molar-refractivity contribution is 4.81. The van der Waals surface area contributed by atoms with Crippen molar-refractivity contribution >= 4 is 0 Å². The molecule has 2 unspecified atom stereocenters. The van der Waals surface area contributed by atoms with Crippen LogP contribution in [0.1, 0.15) is 39.5 Å². The fraction of sp³-hybridized carbons (Fsp3) is 1.00. The smallest absolute Gasteiger partial charge is 0.0589 e. The fourth-order valence-electron chi connectivity index (χ4n) is 2.50. The summed E-state index contributed by atoms with van der Waals surface area (Å²) in [5.74, 6) is 0. The summed E-state index contributed by atoms with van der Waals surface area (Å²) in [4.78, 5) is 2.56. The third-order valence-corrected chi connectivity index (χ3v) is 3.51. The fourth-order valence-corrected chi connectivity index (χ4v) is 2.50. The zero-order valence-corrected chi connectivity index (χ0v) is 11.2. The molecule has 1 rings (SSSR count). The molecule has 0 aliphatic carbocycles. The maximum Gasteiger partial charge on any atom is 0.0589 e. The van der Waals surface area contributed by atoms with E-state index in [4.69, 9.17) is 4.74 Å². The van der Waals surface area contributed by atoms with Crippen LogP contribution in [-0.2, 0) is 4.74 Å². The van der Waals surface area contributed by atoms with Crippen molar-refractivity contribution in [2.75, 3.05) is 33.4 Å². The van der Waals surface area contributed by atoms with Crippen molar-refractivity contribution in [1.82, 2.24) is 10.2 Å². The summed E-state index contributed by atoms with van der Waals surface area (Å²) in [6.45, 7) is 8.88. The summed E-state index contributed by atoms with van der Waals surface area (Å²) in [6.07, 6.45) is 5.24. The van der Waals surface area contributed by atoms with Crippen molar-refractivity contribution in [1.29, 1.82) is 0 Å². The van der Waals surface area contributed by atoms with Gasteiger partial charge in [-0.3, -0.25) is 4.90 Å². The average Bonchev–Trinajstić information content (AvgIpc) is 2.71. The Hall–Kier alpha value is -0.120. The number of ether oxygens (including phenoxy) is 1. The first kappa shape index (κ1) is 13.9. The summed E-state index contributed by atoms with van der Waals surface area (Å²) < 4.78 is 5.15. The van der Waals surface area contributed by atoms with Crippen LogP contribution in [0.2, 0.25) is 0 Å². The lowest BCUT2D eigenvalue weighted by atomic mass is 10.1. The quantitative estimate of drug-likeness (QED) is 0.686. The molecule has 0 aromatic rings. The Balaban J connectivity index is 2.18. The third kappa shape index (κ3) is 4.81. The number of nitrogens with one attached hydrogen (secondary N) is 1. The molecule has 0 bridgehead atoms. The van der Waals surface area contributed by atoms with Crippen molar-refractivity contribution < 1.29 is 4.74 Å².